The molecule has 13 heteroatoms. The summed E-state index contributed by atoms with van der Waals surface area (Å²) in [4.78, 5) is 21.9. The van der Waals surface area contributed by atoms with E-state index in [0.29, 0.717) is 6.07 Å². The number of nitrogens with zero attached hydrogens (tertiary/aromatic N) is 4. The Hall–Kier alpha value is -3.38. The molecule has 3 rings (SSSR count). The summed E-state index contributed by atoms with van der Waals surface area (Å²) < 4.78 is 77.9. The maximum absolute atomic E-state index is 14.0. The minimum atomic E-state index is -5.22. The number of rotatable bonds is 3. The van der Waals surface area contributed by atoms with Crippen molar-refractivity contribution in [1.82, 2.24) is 19.7 Å². The largest absolute Gasteiger partial charge is 0.493 e. The fraction of sp³-hybridized carbons (Fsp3) is 0.143. The molecule has 0 aliphatic heterocycles. The van der Waals surface area contributed by atoms with Gasteiger partial charge in [0.15, 0.2) is 23.1 Å². The lowest BCUT2D eigenvalue weighted by atomic mass is 10.1. The van der Waals surface area contributed by atoms with Gasteiger partial charge in [-0.2, -0.15) is 28.7 Å². The molecule has 0 radical (unpaired) electrons. The van der Waals surface area contributed by atoms with E-state index in [9.17, 15) is 31.1 Å². The zero-order valence-electron chi connectivity index (χ0n) is 13.1. The number of carbonyl (C=O) groups is 1. The molecule has 0 atom stereocenters. The molecule has 142 valence electrons. The van der Waals surface area contributed by atoms with Gasteiger partial charge in [-0.25, -0.2) is 27.6 Å². The van der Waals surface area contributed by atoms with E-state index in [1.807, 2.05) is 0 Å². The average Bonchev–Trinajstić information content (AvgIpc) is 2.93. The van der Waals surface area contributed by atoms with Crippen LogP contribution in [0.4, 0.5) is 32.3 Å². The number of alkyl halides is 3. The molecule has 0 aliphatic rings. The predicted molar refractivity (Wildman–Crippen MR) is 77.4 cm³/mol. The van der Waals surface area contributed by atoms with E-state index in [1.54, 1.807) is 5.48 Å². The van der Waals surface area contributed by atoms with Crippen molar-refractivity contribution in [3.8, 4) is 11.3 Å². The standard InChI is InChI=1S/C14H7F6N5O2/c1-25-11-6(4-21-13(22-11)24-27-12(26)14(18,19)20)10(23-25)5-2-3-7(15)9(17)8(5)16/h2-4H,1H3,(H,21,22,24). The molecular formula is C14H7F6N5O2. The Kier molecular flexibility index (Phi) is 4.37. The van der Waals surface area contributed by atoms with Crippen molar-refractivity contribution in [3.05, 3.63) is 35.8 Å². The summed E-state index contributed by atoms with van der Waals surface area (Å²) in [5, 5.41) is 4.03. The van der Waals surface area contributed by atoms with Crippen LogP contribution in [0.25, 0.3) is 22.3 Å². The van der Waals surface area contributed by atoms with Crippen molar-refractivity contribution in [2.24, 2.45) is 7.05 Å². The number of anilines is 1. The van der Waals surface area contributed by atoms with E-state index in [1.165, 1.54) is 7.05 Å². The van der Waals surface area contributed by atoms with Crippen molar-refractivity contribution < 1.29 is 36.0 Å². The number of halogens is 6. The van der Waals surface area contributed by atoms with E-state index in [0.717, 1.165) is 16.9 Å². The van der Waals surface area contributed by atoms with Crippen molar-refractivity contribution >= 4 is 23.0 Å². The fourth-order valence-corrected chi connectivity index (χ4v) is 2.14. The summed E-state index contributed by atoms with van der Waals surface area (Å²) in [7, 11) is 1.36. The molecule has 0 unspecified atom stereocenters. The second-order valence-corrected chi connectivity index (χ2v) is 5.12. The Balaban J connectivity index is 1.98. The summed E-state index contributed by atoms with van der Waals surface area (Å²) in [5.74, 6) is -7.58. The summed E-state index contributed by atoms with van der Waals surface area (Å²) in [5.41, 5.74) is 1.14. The van der Waals surface area contributed by atoms with Crippen molar-refractivity contribution in [2.75, 3.05) is 5.48 Å². The molecule has 0 amide bonds. The van der Waals surface area contributed by atoms with Crippen molar-refractivity contribution in [3.63, 3.8) is 0 Å². The quantitative estimate of drug-likeness (QED) is 0.420. The van der Waals surface area contributed by atoms with Gasteiger partial charge in [-0.3, -0.25) is 0 Å². The van der Waals surface area contributed by atoms with Gasteiger partial charge < -0.3 is 4.84 Å². The van der Waals surface area contributed by atoms with E-state index in [2.05, 4.69) is 19.9 Å². The first kappa shape index (κ1) is 18.4. The first-order chi connectivity index (χ1) is 12.6. The van der Waals surface area contributed by atoms with Crippen LogP contribution < -0.4 is 5.48 Å². The highest BCUT2D eigenvalue weighted by Crippen LogP contribution is 2.30. The van der Waals surface area contributed by atoms with Gasteiger partial charge in [-0.15, -0.1) is 0 Å². The Morgan fingerprint density at radius 3 is 2.56 bits per heavy atom. The summed E-state index contributed by atoms with van der Waals surface area (Å²) in [6.45, 7) is 0. The Morgan fingerprint density at radius 1 is 1.19 bits per heavy atom. The van der Waals surface area contributed by atoms with Crippen LogP contribution in [0.15, 0.2) is 18.3 Å². The van der Waals surface area contributed by atoms with Crippen LogP contribution >= 0.6 is 0 Å². The Labute approximate surface area is 145 Å². The van der Waals surface area contributed by atoms with Crippen LogP contribution in [0.2, 0.25) is 0 Å². The number of nitrogens with one attached hydrogen (secondary N) is 1. The van der Waals surface area contributed by atoms with Crippen LogP contribution in [-0.4, -0.2) is 31.9 Å². The monoisotopic (exact) mass is 391 g/mol. The number of aryl methyl sites for hydroxylation is 1. The lowest BCUT2D eigenvalue weighted by Crippen LogP contribution is -2.27. The van der Waals surface area contributed by atoms with Crippen LogP contribution in [0.5, 0.6) is 0 Å². The molecule has 1 N–H and O–H groups in total. The Morgan fingerprint density at radius 2 is 1.89 bits per heavy atom. The van der Waals surface area contributed by atoms with E-state index in [-0.39, 0.29) is 22.3 Å². The van der Waals surface area contributed by atoms with Gasteiger partial charge in [-0.1, -0.05) is 0 Å². The number of hydrogen-bond donors (Lipinski definition) is 1. The predicted octanol–water partition coefficient (Wildman–Crippen LogP) is 2.88. The van der Waals surface area contributed by atoms with Gasteiger partial charge >= 0.3 is 12.1 Å². The third-order valence-corrected chi connectivity index (χ3v) is 3.34. The van der Waals surface area contributed by atoms with Crippen LogP contribution in [0.3, 0.4) is 0 Å². The molecule has 0 aliphatic carbocycles. The highest BCUT2D eigenvalue weighted by Gasteiger charge is 2.41. The number of aromatic nitrogens is 4. The molecule has 0 saturated carbocycles. The molecule has 1 aromatic carbocycles. The Bertz CT molecular complexity index is 1050. The van der Waals surface area contributed by atoms with Gasteiger partial charge in [0.1, 0.15) is 5.69 Å². The number of fused-ring (bicyclic) bond motifs is 1. The lowest BCUT2D eigenvalue weighted by Gasteiger charge is -2.07. The summed E-state index contributed by atoms with van der Waals surface area (Å²) in [6, 6.07) is 1.68. The molecule has 7 nitrogen and oxygen atoms in total. The van der Waals surface area contributed by atoms with Gasteiger partial charge in [0.05, 0.1) is 5.39 Å². The minimum Gasteiger partial charge on any atom is -0.332 e. The molecule has 2 heterocycles. The summed E-state index contributed by atoms with van der Waals surface area (Å²) >= 11 is 0. The molecule has 2 aromatic heterocycles. The normalized spacial score (nSPS) is 11.7. The van der Waals surface area contributed by atoms with Crippen molar-refractivity contribution in [1.29, 1.82) is 0 Å². The fourth-order valence-electron chi connectivity index (χ4n) is 2.14. The number of carbonyl (C=O) groups excluding carboxylic acids is 1. The lowest BCUT2D eigenvalue weighted by molar-refractivity contribution is -0.196. The highest BCUT2D eigenvalue weighted by molar-refractivity contribution is 5.91. The second-order valence-electron chi connectivity index (χ2n) is 5.12. The molecule has 0 spiro atoms. The third kappa shape index (κ3) is 3.35. The maximum atomic E-state index is 14.0. The summed E-state index contributed by atoms with van der Waals surface area (Å²) in [6.07, 6.45) is -4.18. The third-order valence-electron chi connectivity index (χ3n) is 3.34. The van der Waals surface area contributed by atoms with Gasteiger partial charge in [-0.05, 0) is 12.1 Å². The maximum Gasteiger partial charge on any atom is 0.493 e. The zero-order valence-corrected chi connectivity index (χ0v) is 13.1. The molecule has 3 aromatic rings. The van der Waals surface area contributed by atoms with Gasteiger partial charge in [0.2, 0.25) is 0 Å². The minimum absolute atomic E-state index is 0.00492. The second kappa shape index (κ2) is 6.41. The van der Waals surface area contributed by atoms with E-state index >= 15 is 0 Å². The van der Waals surface area contributed by atoms with Crippen LogP contribution in [0.1, 0.15) is 0 Å². The van der Waals surface area contributed by atoms with Crippen molar-refractivity contribution in [2.45, 2.75) is 6.18 Å². The number of benzene rings is 1. The first-order valence-electron chi connectivity index (χ1n) is 6.97. The SMILES string of the molecule is Cn1nc(-c2ccc(F)c(F)c2F)c2cnc(NOC(=O)C(F)(F)F)nc21. The average molecular weight is 391 g/mol. The molecule has 27 heavy (non-hydrogen) atoms. The van der Waals surface area contributed by atoms with Gasteiger partial charge in [0.25, 0.3) is 5.95 Å². The number of hydrogen-bond acceptors (Lipinski definition) is 6. The zero-order chi connectivity index (χ0) is 19.9. The highest BCUT2D eigenvalue weighted by atomic mass is 19.4. The first-order valence-corrected chi connectivity index (χ1v) is 6.97. The van der Waals surface area contributed by atoms with Crippen LogP contribution in [-0.2, 0) is 16.7 Å². The van der Waals surface area contributed by atoms with E-state index in [4.69, 9.17) is 0 Å². The molecule has 0 bridgehead atoms. The van der Waals surface area contributed by atoms with E-state index < -0.39 is 35.5 Å². The molecule has 0 fully saturated rings. The molecule has 0 saturated heterocycles. The smallest absolute Gasteiger partial charge is 0.332 e. The van der Waals surface area contributed by atoms with Crippen LogP contribution in [0, 0.1) is 17.5 Å². The topological polar surface area (TPSA) is 81.9 Å². The van der Waals surface area contributed by atoms with Gasteiger partial charge in [0, 0.05) is 18.8 Å². The molecular weight excluding hydrogens is 384 g/mol.